The average molecular weight is 432 g/mol. The van der Waals surface area contributed by atoms with Crippen molar-refractivity contribution < 1.29 is 4.79 Å². The van der Waals surface area contributed by atoms with Crippen molar-refractivity contribution in [2.45, 2.75) is 33.4 Å². The first kappa shape index (κ1) is 21.7. The molecule has 0 aliphatic rings. The van der Waals surface area contributed by atoms with E-state index in [1.165, 1.54) is 0 Å². The van der Waals surface area contributed by atoms with Crippen molar-refractivity contribution in [1.29, 1.82) is 0 Å². The van der Waals surface area contributed by atoms with Crippen LogP contribution in [0, 0.1) is 5.92 Å². The van der Waals surface area contributed by atoms with Crippen LogP contribution >= 0.6 is 24.0 Å². The molecule has 0 fully saturated rings. The summed E-state index contributed by atoms with van der Waals surface area (Å²) in [4.78, 5) is 17.9. The summed E-state index contributed by atoms with van der Waals surface area (Å²) in [6.45, 7) is 7.22. The number of amides is 1. The molecular formula is C17H29IN4O. The fourth-order valence-corrected chi connectivity index (χ4v) is 1.61. The van der Waals surface area contributed by atoms with Crippen molar-refractivity contribution in [3.63, 3.8) is 0 Å². The lowest BCUT2D eigenvalue weighted by Gasteiger charge is -2.21. The Kier molecular flexibility index (Phi) is 10.6. The number of hydrogen-bond acceptors (Lipinski definition) is 2. The van der Waals surface area contributed by atoms with Gasteiger partial charge in [-0.1, -0.05) is 44.2 Å². The van der Waals surface area contributed by atoms with E-state index >= 15 is 0 Å². The molecule has 6 heteroatoms. The molecule has 1 aromatic carbocycles. The molecule has 2 N–H and O–H groups in total. The summed E-state index contributed by atoms with van der Waals surface area (Å²) in [5.41, 5.74) is 1.14. The number of rotatable bonds is 6. The third-order valence-corrected chi connectivity index (χ3v) is 3.53. The quantitative estimate of drug-likeness (QED) is 0.413. The molecule has 23 heavy (non-hydrogen) atoms. The Morgan fingerprint density at radius 2 is 1.78 bits per heavy atom. The molecule has 5 nitrogen and oxygen atoms in total. The van der Waals surface area contributed by atoms with Crippen molar-refractivity contribution in [3.8, 4) is 0 Å². The molecule has 1 atom stereocenters. The summed E-state index contributed by atoms with van der Waals surface area (Å²) in [5, 5.41) is 6.45. The molecule has 1 aromatic rings. The van der Waals surface area contributed by atoms with E-state index in [9.17, 15) is 4.79 Å². The highest BCUT2D eigenvalue weighted by atomic mass is 127. The van der Waals surface area contributed by atoms with Gasteiger partial charge in [-0.2, -0.15) is 0 Å². The average Bonchev–Trinajstić information content (AvgIpc) is 2.50. The first-order valence-electron chi connectivity index (χ1n) is 7.69. The van der Waals surface area contributed by atoms with Gasteiger partial charge < -0.3 is 15.5 Å². The second-order valence-electron chi connectivity index (χ2n) is 5.97. The number of aliphatic imine (C=N–C) groups is 1. The molecule has 0 bridgehead atoms. The van der Waals surface area contributed by atoms with E-state index in [1.54, 1.807) is 19.0 Å². The maximum Gasteiger partial charge on any atom is 0.241 e. The number of hydrogen-bond donors (Lipinski definition) is 2. The van der Waals surface area contributed by atoms with Gasteiger partial charge in [0.15, 0.2) is 5.96 Å². The summed E-state index contributed by atoms with van der Waals surface area (Å²) in [6.07, 6.45) is 0. The van der Waals surface area contributed by atoms with Gasteiger partial charge in [0, 0.05) is 20.1 Å². The van der Waals surface area contributed by atoms with Crippen LogP contribution in [0.5, 0.6) is 0 Å². The SMILES string of the molecule is CC(C)C(C)NC(=NCc1ccccc1)NCC(=O)N(C)C.I. The lowest BCUT2D eigenvalue weighted by Crippen LogP contribution is -2.47. The summed E-state index contributed by atoms with van der Waals surface area (Å²) in [7, 11) is 3.49. The van der Waals surface area contributed by atoms with Crippen molar-refractivity contribution in [1.82, 2.24) is 15.5 Å². The van der Waals surface area contributed by atoms with Gasteiger partial charge in [-0.05, 0) is 18.4 Å². The highest BCUT2D eigenvalue weighted by molar-refractivity contribution is 14.0. The molecule has 1 unspecified atom stereocenters. The number of guanidine groups is 1. The zero-order chi connectivity index (χ0) is 16.5. The highest BCUT2D eigenvalue weighted by Crippen LogP contribution is 2.02. The molecule has 0 spiro atoms. The second kappa shape index (κ2) is 11.3. The lowest BCUT2D eigenvalue weighted by atomic mass is 10.1. The monoisotopic (exact) mass is 432 g/mol. The van der Waals surface area contributed by atoms with Gasteiger partial charge in [0.25, 0.3) is 0 Å². The van der Waals surface area contributed by atoms with Gasteiger partial charge in [-0.25, -0.2) is 4.99 Å². The molecular weight excluding hydrogens is 403 g/mol. The largest absolute Gasteiger partial charge is 0.354 e. The van der Waals surface area contributed by atoms with Crippen molar-refractivity contribution in [2.75, 3.05) is 20.6 Å². The van der Waals surface area contributed by atoms with Gasteiger partial charge in [0.2, 0.25) is 5.91 Å². The van der Waals surface area contributed by atoms with Gasteiger partial charge in [0.05, 0.1) is 13.1 Å². The van der Waals surface area contributed by atoms with Gasteiger partial charge in [0.1, 0.15) is 0 Å². The van der Waals surface area contributed by atoms with Crippen LogP contribution in [0.15, 0.2) is 35.3 Å². The van der Waals surface area contributed by atoms with Gasteiger partial charge in [-0.15, -0.1) is 24.0 Å². The third-order valence-electron chi connectivity index (χ3n) is 3.53. The Hall–Kier alpha value is -1.31. The van der Waals surface area contributed by atoms with E-state index in [-0.39, 0.29) is 42.5 Å². The van der Waals surface area contributed by atoms with Gasteiger partial charge >= 0.3 is 0 Å². The minimum absolute atomic E-state index is 0. The number of nitrogens with one attached hydrogen (secondary N) is 2. The minimum Gasteiger partial charge on any atom is -0.354 e. The number of halogens is 1. The Morgan fingerprint density at radius 1 is 1.17 bits per heavy atom. The van der Waals surface area contributed by atoms with E-state index in [4.69, 9.17) is 0 Å². The highest BCUT2D eigenvalue weighted by Gasteiger charge is 2.11. The van der Waals surface area contributed by atoms with Crippen LogP contribution in [0.2, 0.25) is 0 Å². The molecule has 0 saturated heterocycles. The van der Waals surface area contributed by atoms with Crippen molar-refractivity contribution in [3.05, 3.63) is 35.9 Å². The van der Waals surface area contributed by atoms with E-state index < -0.39 is 0 Å². The summed E-state index contributed by atoms with van der Waals surface area (Å²) in [5.74, 6) is 1.17. The standard InChI is InChI=1S/C17H28N4O.HI/c1-13(2)14(3)20-17(19-12-16(22)21(4)5)18-11-15-9-7-6-8-10-15;/h6-10,13-14H,11-12H2,1-5H3,(H2,18,19,20);1H. The maximum atomic E-state index is 11.7. The molecule has 1 amide bonds. The lowest BCUT2D eigenvalue weighted by molar-refractivity contribution is -0.127. The van der Waals surface area contributed by atoms with Crippen LogP contribution in [0.1, 0.15) is 26.3 Å². The summed E-state index contributed by atoms with van der Waals surface area (Å²) < 4.78 is 0. The van der Waals surface area contributed by atoms with E-state index in [1.807, 2.05) is 30.3 Å². The van der Waals surface area contributed by atoms with Crippen LogP contribution in [-0.2, 0) is 11.3 Å². The van der Waals surface area contributed by atoms with E-state index in [2.05, 4.69) is 36.4 Å². The van der Waals surface area contributed by atoms with Crippen LogP contribution in [0.4, 0.5) is 0 Å². The summed E-state index contributed by atoms with van der Waals surface area (Å²) in [6, 6.07) is 10.3. The third kappa shape index (κ3) is 8.78. The fraction of sp³-hybridized carbons (Fsp3) is 0.529. The first-order chi connectivity index (χ1) is 10.4. The smallest absolute Gasteiger partial charge is 0.241 e. The number of benzene rings is 1. The van der Waals surface area contributed by atoms with Crippen LogP contribution in [0.3, 0.4) is 0 Å². The Labute approximate surface area is 157 Å². The normalized spacial score (nSPS) is 12.3. The first-order valence-corrected chi connectivity index (χ1v) is 7.69. The zero-order valence-electron chi connectivity index (χ0n) is 14.7. The molecule has 0 radical (unpaired) electrons. The number of likely N-dealkylation sites (N-methyl/N-ethyl adjacent to an activating group) is 1. The predicted octanol–water partition coefficient (Wildman–Crippen LogP) is 2.47. The predicted molar refractivity (Wildman–Crippen MR) is 107 cm³/mol. The zero-order valence-corrected chi connectivity index (χ0v) is 17.0. The maximum absolute atomic E-state index is 11.7. The van der Waals surface area contributed by atoms with E-state index in [0.717, 1.165) is 5.56 Å². The molecule has 0 aromatic heterocycles. The fourth-order valence-electron chi connectivity index (χ4n) is 1.61. The molecule has 1 rings (SSSR count). The van der Waals surface area contributed by atoms with E-state index in [0.29, 0.717) is 18.4 Å². The minimum atomic E-state index is 0. The summed E-state index contributed by atoms with van der Waals surface area (Å²) >= 11 is 0. The Balaban J connectivity index is 0.00000484. The molecule has 0 heterocycles. The van der Waals surface area contributed by atoms with Crippen LogP contribution in [0.25, 0.3) is 0 Å². The Bertz CT molecular complexity index is 489. The molecule has 0 aliphatic heterocycles. The van der Waals surface area contributed by atoms with Gasteiger partial charge in [-0.3, -0.25) is 4.79 Å². The molecule has 0 saturated carbocycles. The van der Waals surface area contributed by atoms with Crippen molar-refractivity contribution in [2.24, 2.45) is 10.9 Å². The Morgan fingerprint density at radius 3 is 2.30 bits per heavy atom. The van der Waals surface area contributed by atoms with Crippen LogP contribution in [-0.4, -0.2) is 43.4 Å². The second-order valence-corrected chi connectivity index (χ2v) is 5.97. The topological polar surface area (TPSA) is 56.7 Å². The molecule has 0 aliphatic carbocycles. The number of nitrogens with zero attached hydrogens (tertiary/aromatic N) is 2. The van der Waals surface area contributed by atoms with Crippen LogP contribution < -0.4 is 10.6 Å². The van der Waals surface area contributed by atoms with Crippen molar-refractivity contribution >= 4 is 35.8 Å². The molecule has 130 valence electrons. The number of carbonyl (C=O) groups excluding carboxylic acids is 1. The number of carbonyl (C=O) groups is 1.